The van der Waals surface area contributed by atoms with Crippen molar-refractivity contribution in [2.75, 3.05) is 13.6 Å². The van der Waals surface area contributed by atoms with E-state index < -0.39 is 6.10 Å². The van der Waals surface area contributed by atoms with E-state index >= 15 is 0 Å². The third kappa shape index (κ3) is 4.96. The van der Waals surface area contributed by atoms with E-state index in [1.165, 1.54) is 12.5 Å². The van der Waals surface area contributed by atoms with E-state index in [0.29, 0.717) is 12.5 Å². The Kier molecular flexibility index (Phi) is 6.98. The quantitative estimate of drug-likeness (QED) is 0.272. The molecule has 4 N–H and O–H groups in total. The highest BCUT2D eigenvalue weighted by molar-refractivity contribution is 5.81. The number of carbonyl (C=O) groups excluding carboxylic acids is 1. The number of guanidine groups is 1. The molecule has 1 aromatic carbocycles. The summed E-state index contributed by atoms with van der Waals surface area (Å²) in [6.07, 6.45) is 4.43. The Bertz CT molecular complexity index is 658. The summed E-state index contributed by atoms with van der Waals surface area (Å²) in [7, 11) is 1.63. The smallest absolute Gasteiger partial charge is 0.248 e. The van der Waals surface area contributed by atoms with Crippen LogP contribution in [0.2, 0.25) is 0 Å². The number of hydrogen-bond donors (Lipinski definition) is 4. The summed E-state index contributed by atoms with van der Waals surface area (Å²) in [5.74, 6) is 0.131. The van der Waals surface area contributed by atoms with Crippen molar-refractivity contribution in [2.45, 2.75) is 50.2 Å². The van der Waals surface area contributed by atoms with Gasteiger partial charge in [-0.1, -0.05) is 30.3 Å². The molecule has 1 amide bonds. The van der Waals surface area contributed by atoms with Gasteiger partial charge in [0.1, 0.15) is 6.10 Å². The number of carbonyl (C=O) groups is 1. The number of hydrogen-bond acceptors (Lipinski definition) is 4. The van der Waals surface area contributed by atoms with Gasteiger partial charge < -0.3 is 15.7 Å². The summed E-state index contributed by atoms with van der Waals surface area (Å²) >= 11 is 0. The maximum atomic E-state index is 11.9. The van der Waals surface area contributed by atoms with Gasteiger partial charge >= 0.3 is 0 Å². The zero-order valence-corrected chi connectivity index (χ0v) is 15.3. The number of nitrogens with one attached hydrogen (secondary N) is 3. The van der Waals surface area contributed by atoms with Crippen LogP contribution in [-0.4, -0.2) is 42.7 Å². The minimum Gasteiger partial charge on any atom is -0.384 e. The Hall–Kier alpha value is -2.59. The average molecular weight is 357 g/mol. The van der Waals surface area contributed by atoms with Crippen molar-refractivity contribution in [1.29, 1.82) is 5.26 Å². The monoisotopic (exact) mass is 357 g/mol. The molecule has 140 valence electrons. The summed E-state index contributed by atoms with van der Waals surface area (Å²) in [6.45, 7) is 1.97. The van der Waals surface area contributed by atoms with Crippen LogP contribution in [0.5, 0.6) is 0 Å². The fourth-order valence-electron chi connectivity index (χ4n) is 3.48. The summed E-state index contributed by atoms with van der Waals surface area (Å²) in [5.41, 5.74) is 1.04. The molecule has 0 bridgehead atoms. The molecule has 1 aromatic rings. The molecule has 0 spiro atoms. The van der Waals surface area contributed by atoms with Crippen molar-refractivity contribution >= 4 is 11.9 Å². The van der Waals surface area contributed by atoms with E-state index in [2.05, 4.69) is 33.1 Å². The van der Waals surface area contributed by atoms with Crippen molar-refractivity contribution in [2.24, 2.45) is 4.99 Å². The Morgan fingerprint density at radius 3 is 2.58 bits per heavy atom. The van der Waals surface area contributed by atoms with Crippen molar-refractivity contribution in [3.8, 4) is 6.19 Å². The second-order valence-electron chi connectivity index (χ2n) is 6.77. The minimum atomic E-state index is -1.01. The molecule has 0 saturated heterocycles. The van der Waals surface area contributed by atoms with Gasteiger partial charge in [-0.25, -0.2) is 0 Å². The van der Waals surface area contributed by atoms with Crippen LogP contribution in [0.1, 0.15) is 38.2 Å². The highest BCUT2D eigenvalue weighted by Gasteiger charge is 2.37. The van der Waals surface area contributed by atoms with Crippen LogP contribution in [0.3, 0.4) is 0 Å². The van der Waals surface area contributed by atoms with Crippen LogP contribution in [0.25, 0.3) is 0 Å². The Morgan fingerprint density at radius 2 is 2.04 bits per heavy atom. The molecular formula is C19H27N5O2. The van der Waals surface area contributed by atoms with Gasteiger partial charge in [0, 0.05) is 25.0 Å². The zero-order valence-electron chi connectivity index (χ0n) is 15.3. The standard InChI is InChI=1S/C19H27N5O2/c1-14(25)17(26)22-12-19(15-6-4-3-5-7-15)10-8-16(9-11-19)24-18(21-2)23-13-20/h3-7,14,16,25H,8-12H2,1-2H3,(H,22,26)(H2,21,23,24). The summed E-state index contributed by atoms with van der Waals surface area (Å²) in [5, 5.41) is 26.9. The number of benzene rings is 1. The van der Waals surface area contributed by atoms with Crippen LogP contribution in [0, 0.1) is 11.5 Å². The largest absolute Gasteiger partial charge is 0.384 e. The van der Waals surface area contributed by atoms with Gasteiger partial charge in [-0.05, 0) is 38.2 Å². The van der Waals surface area contributed by atoms with E-state index in [9.17, 15) is 9.90 Å². The molecule has 1 aliphatic carbocycles. The van der Waals surface area contributed by atoms with Crippen LogP contribution in [0.4, 0.5) is 0 Å². The SMILES string of the molecule is CN=C(NC#N)NC1CCC(CNC(=O)C(C)O)(c2ccccc2)CC1. The van der Waals surface area contributed by atoms with Crippen LogP contribution in [-0.2, 0) is 10.2 Å². The van der Waals surface area contributed by atoms with E-state index in [4.69, 9.17) is 5.26 Å². The third-order valence-corrected chi connectivity index (χ3v) is 5.05. The summed E-state index contributed by atoms with van der Waals surface area (Å²) in [6, 6.07) is 10.4. The fraction of sp³-hybridized carbons (Fsp3) is 0.526. The molecule has 7 nitrogen and oxygen atoms in total. The number of nitriles is 1. The number of amides is 1. The van der Waals surface area contributed by atoms with E-state index in [1.807, 2.05) is 24.4 Å². The van der Waals surface area contributed by atoms with E-state index in [0.717, 1.165) is 25.7 Å². The first-order valence-corrected chi connectivity index (χ1v) is 8.90. The molecule has 1 aliphatic rings. The Balaban J connectivity index is 2.08. The second-order valence-corrected chi connectivity index (χ2v) is 6.77. The van der Waals surface area contributed by atoms with Gasteiger partial charge in [-0.2, -0.15) is 5.26 Å². The first-order chi connectivity index (χ1) is 12.5. The number of rotatable bonds is 5. The van der Waals surface area contributed by atoms with Gasteiger partial charge in [0.05, 0.1) is 0 Å². The Morgan fingerprint density at radius 1 is 1.38 bits per heavy atom. The summed E-state index contributed by atoms with van der Waals surface area (Å²) < 4.78 is 0. The van der Waals surface area contributed by atoms with Gasteiger partial charge in [-0.3, -0.25) is 15.1 Å². The molecule has 7 heteroatoms. The fourth-order valence-corrected chi connectivity index (χ4v) is 3.48. The molecule has 0 radical (unpaired) electrons. The predicted molar refractivity (Wildman–Crippen MR) is 100 cm³/mol. The van der Waals surface area contributed by atoms with Crippen molar-refractivity contribution < 1.29 is 9.90 Å². The number of aliphatic imine (C=N–C) groups is 1. The minimum absolute atomic E-state index is 0.157. The lowest BCUT2D eigenvalue weighted by atomic mass is 9.68. The normalized spacial score (nSPS) is 24.2. The topological polar surface area (TPSA) is 110 Å². The molecule has 0 aliphatic heterocycles. The average Bonchev–Trinajstić information content (AvgIpc) is 2.67. The number of nitrogens with zero attached hydrogens (tertiary/aromatic N) is 2. The lowest BCUT2D eigenvalue weighted by Gasteiger charge is -2.41. The van der Waals surface area contributed by atoms with Crippen molar-refractivity contribution in [3.05, 3.63) is 35.9 Å². The van der Waals surface area contributed by atoms with Gasteiger partial charge in [0.15, 0.2) is 6.19 Å². The summed E-state index contributed by atoms with van der Waals surface area (Å²) in [4.78, 5) is 15.9. The van der Waals surface area contributed by atoms with Gasteiger partial charge in [0.2, 0.25) is 11.9 Å². The first kappa shape index (κ1) is 19.7. The number of aliphatic hydroxyl groups excluding tert-OH is 1. The van der Waals surface area contributed by atoms with Crippen LogP contribution >= 0.6 is 0 Å². The molecule has 0 heterocycles. The lowest BCUT2D eigenvalue weighted by Crippen LogP contribution is -2.50. The van der Waals surface area contributed by atoms with Crippen LogP contribution < -0.4 is 16.0 Å². The Labute approximate surface area is 154 Å². The molecule has 1 fully saturated rings. The number of aliphatic hydroxyl groups is 1. The highest BCUT2D eigenvalue weighted by Crippen LogP contribution is 2.39. The second kappa shape index (κ2) is 9.20. The first-order valence-electron chi connectivity index (χ1n) is 8.90. The third-order valence-electron chi connectivity index (χ3n) is 5.05. The van der Waals surface area contributed by atoms with Crippen molar-refractivity contribution in [3.63, 3.8) is 0 Å². The van der Waals surface area contributed by atoms with Crippen LogP contribution in [0.15, 0.2) is 35.3 Å². The lowest BCUT2D eigenvalue weighted by molar-refractivity contribution is -0.128. The molecular weight excluding hydrogens is 330 g/mol. The maximum Gasteiger partial charge on any atom is 0.248 e. The highest BCUT2D eigenvalue weighted by atomic mass is 16.3. The van der Waals surface area contributed by atoms with Gasteiger partial charge in [-0.15, -0.1) is 0 Å². The van der Waals surface area contributed by atoms with Gasteiger partial charge in [0.25, 0.3) is 0 Å². The predicted octanol–water partition coefficient (Wildman–Crippen LogP) is 1.01. The molecule has 0 aromatic heterocycles. The molecule has 2 rings (SSSR count). The molecule has 1 unspecified atom stereocenters. The van der Waals surface area contributed by atoms with E-state index in [-0.39, 0.29) is 17.4 Å². The van der Waals surface area contributed by atoms with Crippen molar-refractivity contribution in [1.82, 2.24) is 16.0 Å². The molecule has 26 heavy (non-hydrogen) atoms. The molecule has 1 atom stereocenters. The molecule has 1 saturated carbocycles. The maximum absolute atomic E-state index is 11.9. The zero-order chi connectivity index (χ0) is 19.0. The van der Waals surface area contributed by atoms with E-state index in [1.54, 1.807) is 7.05 Å².